The molecule has 2 aromatic rings. The summed E-state index contributed by atoms with van der Waals surface area (Å²) in [5.74, 6) is -0.0849. The van der Waals surface area contributed by atoms with E-state index >= 15 is 0 Å². The Labute approximate surface area is 124 Å². The van der Waals surface area contributed by atoms with Crippen LogP contribution in [0.3, 0.4) is 0 Å². The molecule has 2 rings (SSSR count). The highest BCUT2D eigenvalue weighted by atomic mass is 16.6. The zero-order valence-electron chi connectivity index (χ0n) is 12.0. The number of carbonyl (C=O) groups is 1. The van der Waals surface area contributed by atoms with Crippen molar-refractivity contribution in [2.45, 2.75) is 13.0 Å². The first-order valence-electron chi connectivity index (χ1n) is 6.59. The predicted octanol–water partition coefficient (Wildman–Crippen LogP) is 3.02. The highest BCUT2D eigenvalue weighted by Gasteiger charge is 2.18. The Morgan fingerprint density at radius 1 is 1.19 bits per heavy atom. The van der Waals surface area contributed by atoms with E-state index in [4.69, 9.17) is 9.47 Å². The molecule has 0 bridgehead atoms. The molecule has 1 unspecified atom stereocenters. The Kier molecular flexibility index (Phi) is 5.10. The Bertz CT molecular complexity index is 606. The molecule has 0 N–H and O–H groups in total. The third kappa shape index (κ3) is 4.45. The Hall–Kier alpha value is -2.62. The molecule has 1 aromatic carbocycles. The number of benzene rings is 1. The minimum Gasteiger partial charge on any atom is -0.466 e. The van der Waals surface area contributed by atoms with E-state index in [1.807, 2.05) is 49.4 Å². The third-order valence-corrected chi connectivity index (χ3v) is 2.83. The topological polar surface area (TPSA) is 48.4 Å². The van der Waals surface area contributed by atoms with E-state index in [9.17, 15) is 4.79 Å². The van der Waals surface area contributed by atoms with Crippen LogP contribution in [0.5, 0.6) is 5.88 Å². The second-order valence-electron chi connectivity index (χ2n) is 4.51. The van der Waals surface area contributed by atoms with Crippen molar-refractivity contribution in [1.29, 1.82) is 0 Å². The van der Waals surface area contributed by atoms with E-state index in [0.717, 1.165) is 11.1 Å². The lowest BCUT2D eigenvalue weighted by molar-refractivity contribution is -0.146. The number of esters is 1. The van der Waals surface area contributed by atoms with Gasteiger partial charge in [0, 0.05) is 12.3 Å². The lowest BCUT2D eigenvalue weighted by atomic mass is 10.2. The largest absolute Gasteiger partial charge is 0.466 e. The van der Waals surface area contributed by atoms with Crippen molar-refractivity contribution in [3.63, 3.8) is 0 Å². The van der Waals surface area contributed by atoms with E-state index < -0.39 is 12.1 Å². The summed E-state index contributed by atoms with van der Waals surface area (Å²) >= 11 is 0. The van der Waals surface area contributed by atoms with E-state index in [1.54, 1.807) is 18.3 Å². The van der Waals surface area contributed by atoms with Gasteiger partial charge >= 0.3 is 5.97 Å². The molecule has 4 heteroatoms. The van der Waals surface area contributed by atoms with Gasteiger partial charge < -0.3 is 9.47 Å². The SMILES string of the molecule is COC(=O)C(/C=C/c1ccccc1)Oc1ccc(C)cn1. The van der Waals surface area contributed by atoms with Gasteiger partial charge in [0.2, 0.25) is 12.0 Å². The Morgan fingerprint density at radius 2 is 1.95 bits per heavy atom. The average molecular weight is 283 g/mol. The minimum atomic E-state index is -0.828. The maximum Gasteiger partial charge on any atom is 0.351 e. The van der Waals surface area contributed by atoms with Crippen molar-refractivity contribution < 1.29 is 14.3 Å². The molecule has 0 spiro atoms. The fourth-order valence-corrected chi connectivity index (χ4v) is 1.70. The summed E-state index contributed by atoms with van der Waals surface area (Å²) in [7, 11) is 1.33. The van der Waals surface area contributed by atoms with Crippen molar-refractivity contribution in [2.24, 2.45) is 0 Å². The van der Waals surface area contributed by atoms with Crippen molar-refractivity contribution in [2.75, 3.05) is 7.11 Å². The molecule has 108 valence electrons. The number of pyridine rings is 1. The molecule has 1 aromatic heterocycles. The van der Waals surface area contributed by atoms with Crippen LogP contribution in [0.25, 0.3) is 6.08 Å². The van der Waals surface area contributed by atoms with Crippen LogP contribution in [0.1, 0.15) is 11.1 Å². The van der Waals surface area contributed by atoms with Gasteiger partial charge in [-0.3, -0.25) is 0 Å². The lowest BCUT2D eigenvalue weighted by Gasteiger charge is -2.12. The summed E-state index contributed by atoms with van der Waals surface area (Å²) in [4.78, 5) is 15.9. The van der Waals surface area contributed by atoms with E-state index in [2.05, 4.69) is 4.98 Å². The van der Waals surface area contributed by atoms with Gasteiger partial charge in [-0.15, -0.1) is 0 Å². The molecular formula is C17H17NO3. The van der Waals surface area contributed by atoms with Crippen molar-refractivity contribution >= 4 is 12.0 Å². The second kappa shape index (κ2) is 7.24. The van der Waals surface area contributed by atoms with Crippen molar-refractivity contribution in [3.05, 3.63) is 65.9 Å². The molecule has 21 heavy (non-hydrogen) atoms. The molecule has 0 aliphatic heterocycles. The molecule has 0 radical (unpaired) electrons. The number of carbonyl (C=O) groups excluding carboxylic acids is 1. The summed E-state index contributed by atoms with van der Waals surface area (Å²) in [5.41, 5.74) is 2.00. The van der Waals surface area contributed by atoms with Crippen LogP contribution in [-0.2, 0) is 9.53 Å². The van der Waals surface area contributed by atoms with E-state index in [0.29, 0.717) is 5.88 Å². The zero-order valence-corrected chi connectivity index (χ0v) is 12.0. The summed E-state index contributed by atoms with van der Waals surface area (Å²) in [6, 6.07) is 13.3. The first-order valence-corrected chi connectivity index (χ1v) is 6.59. The maximum absolute atomic E-state index is 11.8. The molecular weight excluding hydrogens is 266 g/mol. The van der Waals surface area contributed by atoms with Crippen LogP contribution in [0.4, 0.5) is 0 Å². The predicted molar refractivity (Wildman–Crippen MR) is 80.9 cm³/mol. The number of hydrogen-bond acceptors (Lipinski definition) is 4. The number of aryl methyl sites for hydroxylation is 1. The van der Waals surface area contributed by atoms with Gasteiger partial charge in [0.05, 0.1) is 7.11 Å². The summed E-state index contributed by atoms with van der Waals surface area (Å²) in [6.07, 6.45) is 4.33. The monoisotopic (exact) mass is 283 g/mol. The molecule has 0 aliphatic carbocycles. The van der Waals surface area contributed by atoms with Gasteiger partial charge in [0.25, 0.3) is 0 Å². The van der Waals surface area contributed by atoms with Crippen LogP contribution in [-0.4, -0.2) is 24.2 Å². The van der Waals surface area contributed by atoms with E-state index in [1.165, 1.54) is 7.11 Å². The minimum absolute atomic E-state index is 0.383. The Morgan fingerprint density at radius 3 is 2.57 bits per heavy atom. The smallest absolute Gasteiger partial charge is 0.351 e. The average Bonchev–Trinajstić information content (AvgIpc) is 2.53. The Balaban J connectivity index is 2.13. The number of ether oxygens (including phenoxy) is 2. The molecule has 0 saturated carbocycles. The van der Waals surface area contributed by atoms with Crippen LogP contribution < -0.4 is 4.74 Å². The van der Waals surface area contributed by atoms with Gasteiger partial charge in [-0.25, -0.2) is 9.78 Å². The van der Waals surface area contributed by atoms with Crippen molar-refractivity contribution in [3.8, 4) is 5.88 Å². The molecule has 0 fully saturated rings. The number of methoxy groups -OCH3 is 1. The summed E-state index contributed by atoms with van der Waals surface area (Å²) in [5, 5.41) is 0. The molecule has 1 atom stereocenters. The fourth-order valence-electron chi connectivity index (χ4n) is 1.70. The van der Waals surface area contributed by atoms with Crippen LogP contribution >= 0.6 is 0 Å². The second-order valence-corrected chi connectivity index (χ2v) is 4.51. The van der Waals surface area contributed by atoms with Crippen LogP contribution in [0, 0.1) is 6.92 Å². The van der Waals surface area contributed by atoms with Gasteiger partial charge in [-0.05, 0) is 24.1 Å². The number of hydrogen-bond donors (Lipinski definition) is 0. The molecule has 0 saturated heterocycles. The van der Waals surface area contributed by atoms with Gasteiger partial charge in [0.1, 0.15) is 0 Å². The number of rotatable bonds is 5. The highest BCUT2D eigenvalue weighted by molar-refractivity contribution is 5.78. The lowest BCUT2D eigenvalue weighted by Crippen LogP contribution is -2.26. The summed E-state index contributed by atoms with van der Waals surface area (Å²) < 4.78 is 10.3. The maximum atomic E-state index is 11.8. The zero-order chi connectivity index (χ0) is 15.1. The normalized spacial score (nSPS) is 12.1. The molecule has 0 amide bonds. The van der Waals surface area contributed by atoms with Crippen LogP contribution in [0.2, 0.25) is 0 Å². The standard InChI is InChI=1S/C17H17NO3/c1-13-8-11-16(18-12-13)21-15(17(19)20-2)10-9-14-6-4-3-5-7-14/h3-12,15H,1-2H3/b10-9+. The van der Waals surface area contributed by atoms with Crippen molar-refractivity contribution in [1.82, 2.24) is 4.98 Å². The number of aromatic nitrogens is 1. The fraction of sp³-hybridized carbons (Fsp3) is 0.176. The third-order valence-electron chi connectivity index (χ3n) is 2.83. The highest BCUT2D eigenvalue weighted by Crippen LogP contribution is 2.12. The molecule has 1 heterocycles. The van der Waals surface area contributed by atoms with Gasteiger partial charge in [-0.2, -0.15) is 0 Å². The van der Waals surface area contributed by atoms with Gasteiger partial charge in [-0.1, -0.05) is 42.5 Å². The van der Waals surface area contributed by atoms with E-state index in [-0.39, 0.29) is 0 Å². The first-order chi connectivity index (χ1) is 10.2. The van der Waals surface area contributed by atoms with Gasteiger partial charge in [0.15, 0.2) is 0 Å². The quantitative estimate of drug-likeness (QED) is 0.791. The number of nitrogens with zero attached hydrogens (tertiary/aromatic N) is 1. The molecule has 4 nitrogen and oxygen atoms in total. The van der Waals surface area contributed by atoms with Crippen LogP contribution in [0.15, 0.2) is 54.7 Å². The molecule has 0 aliphatic rings. The first kappa shape index (κ1) is 14.8. The summed E-state index contributed by atoms with van der Waals surface area (Å²) in [6.45, 7) is 1.93.